The minimum Gasteiger partial charge on any atom is -0.495 e. The number of hydrogen-bond acceptors (Lipinski definition) is 7. The number of ether oxygens (including phenoxy) is 1. The van der Waals surface area contributed by atoms with Crippen LogP contribution in [0.2, 0.25) is 0 Å². The van der Waals surface area contributed by atoms with Crippen molar-refractivity contribution in [3.8, 4) is 5.75 Å². The monoisotopic (exact) mass is 436 g/mol. The van der Waals surface area contributed by atoms with Gasteiger partial charge in [0, 0.05) is 19.0 Å². The van der Waals surface area contributed by atoms with Crippen LogP contribution in [0.1, 0.15) is 29.2 Å². The van der Waals surface area contributed by atoms with Crippen molar-refractivity contribution in [1.82, 2.24) is 14.3 Å². The number of sulfonamides is 1. The maximum absolute atomic E-state index is 12.5. The molecule has 0 fully saturated rings. The van der Waals surface area contributed by atoms with E-state index in [0.717, 1.165) is 14.7 Å². The fraction of sp³-hybridized carbons (Fsp3) is 0.368. The van der Waals surface area contributed by atoms with Crippen LogP contribution in [0.3, 0.4) is 0 Å². The lowest BCUT2D eigenvalue weighted by atomic mass is 10.2. The van der Waals surface area contributed by atoms with Crippen molar-refractivity contribution < 1.29 is 13.2 Å². The van der Waals surface area contributed by atoms with Gasteiger partial charge in [-0.25, -0.2) is 17.7 Å². The molecular weight excluding hydrogens is 412 g/mol. The Hall–Kier alpha value is -2.43. The molecule has 0 spiro atoms. The number of aromatic amines is 1. The van der Waals surface area contributed by atoms with Crippen LogP contribution in [0.4, 0.5) is 5.69 Å². The standard InChI is InChI=1S/C19H24N4O4S2/c1-10-12(3)28-19-16(10)18(24)21-17(22-19)11(2)20-14-9-13(7-8-15(14)27-6)29(25,26)23(4)5/h7-9,11,20H,1-6H3,(H,21,22,24). The van der Waals surface area contributed by atoms with Crippen LogP contribution >= 0.6 is 11.3 Å². The van der Waals surface area contributed by atoms with E-state index in [1.807, 2.05) is 20.8 Å². The Morgan fingerprint density at radius 1 is 1.28 bits per heavy atom. The highest BCUT2D eigenvalue weighted by molar-refractivity contribution is 7.89. The number of benzene rings is 1. The largest absolute Gasteiger partial charge is 0.495 e. The fourth-order valence-corrected chi connectivity index (χ4v) is 4.91. The lowest BCUT2D eigenvalue weighted by molar-refractivity contribution is 0.415. The summed E-state index contributed by atoms with van der Waals surface area (Å²) in [4.78, 5) is 21.9. The van der Waals surface area contributed by atoms with Crippen molar-refractivity contribution in [2.24, 2.45) is 0 Å². The number of aryl methyl sites for hydroxylation is 2. The summed E-state index contributed by atoms with van der Waals surface area (Å²) in [5, 5.41) is 3.82. The number of hydrogen-bond donors (Lipinski definition) is 2. The summed E-state index contributed by atoms with van der Waals surface area (Å²) in [7, 11) is 0.865. The molecule has 0 saturated heterocycles. The summed E-state index contributed by atoms with van der Waals surface area (Å²) in [6.07, 6.45) is 0. The number of methoxy groups -OCH3 is 1. The highest BCUT2D eigenvalue weighted by Gasteiger charge is 2.21. The molecule has 0 amide bonds. The van der Waals surface area contributed by atoms with Gasteiger partial charge in [0.2, 0.25) is 10.0 Å². The third-order valence-corrected chi connectivity index (χ3v) is 7.70. The first-order valence-corrected chi connectivity index (χ1v) is 11.2. The van der Waals surface area contributed by atoms with E-state index >= 15 is 0 Å². The molecule has 0 bridgehead atoms. The molecular formula is C19H24N4O4S2. The van der Waals surface area contributed by atoms with Crippen molar-refractivity contribution >= 4 is 37.3 Å². The zero-order valence-electron chi connectivity index (χ0n) is 17.2. The molecule has 29 heavy (non-hydrogen) atoms. The molecule has 156 valence electrons. The maximum Gasteiger partial charge on any atom is 0.259 e. The van der Waals surface area contributed by atoms with Crippen molar-refractivity contribution in [2.75, 3.05) is 26.5 Å². The molecule has 0 aliphatic rings. The van der Waals surface area contributed by atoms with E-state index < -0.39 is 10.0 Å². The third kappa shape index (κ3) is 3.87. The van der Waals surface area contributed by atoms with Gasteiger partial charge in [-0.2, -0.15) is 0 Å². The van der Waals surface area contributed by atoms with Gasteiger partial charge < -0.3 is 15.0 Å². The lowest BCUT2D eigenvalue weighted by Gasteiger charge is -2.19. The number of rotatable bonds is 6. The first-order chi connectivity index (χ1) is 13.6. The van der Waals surface area contributed by atoms with Crippen molar-refractivity contribution in [3.63, 3.8) is 0 Å². The smallest absolute Gasteiger partial charge is 0.259 e. The molecule has 1 atom stereocenters. The highest BCUT2D eigenvalue weighted by atomic mass is 32.2. The molecule has 3 rings (SSSR count). The molecule has 0 radical (unpaired) electrons. The SMILES string of the molecule is COc1ccc(S(=O)(=O)N(C)C)cc1NC(C)c1nc2sc(C)c(C)c2c(=O)[nH]1. The van der Waals surface area contributed by atoms with E-state index in [-0.39, 0.29) is 16.5 Å². The predicted molar refractivity (Wildman–Crippen MR) is 116 cm³/mol. The van der Waals surface area contributed by atoms with Crippen LogP contribution < -0.4 is 15.6 Å². The van der Waals surface area contributed by atoms with Crippen LogP contribution in [0, 0.1) is 13.8 Å². The minimum absolute atomic E-state index is 0.138. The molecule has 2 N–H and O–H groups in total. The van der Waals surface area contributed by atoms with Gasteiger partial charge in [-0.3, -0.25) is 4.79 Å². The molecule has 3 aromatic rings. The van der Waals surface area contributed by atoms with E-state index in [1.165, 1.54) is 44.7 Å². The molecule has 2 heterocycles. The first kappa shape index (κ1) is 21.3. The molecule has 1 unspecified atom stereocenters. The zero-order chi connectivity index (χ0) is 21.5. The number of thiophene rings is 1. The van der Waals surface area contributed by atoms with Crippen molar-refractivity contribution in [2.45, 2.75) is 31.7 Å². The van der Waals surface area contributed by atoms with Crippen LogP contribution in [0.15, 0.2) is 27.9 Å². The molecule has 10 heteroatoms. The number of anilines is 1. The Labute approximate surface area is 173 Å². The first-order valence-electron chi connectivity index (χ1n) is 8.93. The van der Waals surface area contributed by atoms with Gasteiger partial charge in [-0.05, 0) is 44.5 Å². The highest BCUT2D eigenvalue weighted by Crippen LogP contribution is 2.32. The second kappa shape index (κ2) is 7.77. The Morgan fingerprint density at radius 3 is 2.59 bits per heavy atom. The molecule has 0 saturated carbocycles. The van der Waals surface area contributed by atoms with E-state index in [0.29, 0.717) is 27.5 Å². The average Bonchev–Trinajstić information content (AvgIpc) is 2.95. The second-order valence-corrected chi connectivity index (χ2v) is 10.3. The number of nitrogens with zero attached hydrogens (tertiary/aromatic N) is 2. The number of aromatic nitrogens is 2. The van der Waals surface area contributed by atoms with Gasteiger partial charge in [-0.1, -0.05) is 0 Å². The van der Waals surface area contributed by atoms with Gasteiger partial charge in [0.15, 0.2) is 0 Å². The second-order valence-electron chi connectivity index (χ2n) is 6.93. The Bertz CT molecular complexity index is 1230. The molecule has 0 aliphatic carbocycles. The van der Waals surface area contributed by atoms with E-state index in [1.54, 1.807) is 6.07 Å². The summed E-state index contributed by atoms with van der Waals surface area (Å²) in [6, 6.07) is 4.21. The molecule has 1 aromatic carbocycles. The van der Waals surface area contributed by atoms with E-state index in [9.17, 15) is 13.2 Å². The normalized spacial score (nSPS) is 13.1. The van der Waals surface area contributed by atoms with Gasteiger partial charge >= 0.3 is 0 Å². The van der Waals surface area contributed by atoms with E-state index in [4.69, 9.17) is 4.74 Å². The number of nitrogens with one attached hydrogen (secondary N) is 2. The summed E-state index contributed by atoms with van der Waals surface area (Å²) in [5.41, 5.74) is 1.25. The van der Waals surface area contributed by atoms with Crippen molar-refractivity contribution in [3.05, 3.63) is 44.8 Å². The average molecular weight is 437 g/mol. The summed E-state index contributed by atoms with van der Waals surface area (Å²) in [5.74, 6) is 0.951. The minimum atomic E-state index is -3.60. The van der Waals surface area contributed by atoms with Crippen LogP contribution in [0.5, 0.6) is 5.75 Å². The van der Waals surface area contributed by atoms with Gasteiger partial charge in [0.1, 0.15) is 16.4 Å². The van der Waals surface area contributed by atoms with E-state index in [2.05, 4.69) is 15.3 Å². The quantitative estimate of drug-likeness (QED) is 0.615. The summed E-state index contributed by atoms with van der Waals surface area (Å²) in [6.45, 7) is 5.71. The summed E-state index contributed by atoms with van der Waals surface area (Å²) >= 11 is 1.48. The van der Waals surface area contributed by atoms with Crippen LogP contribution in [0.25, 0.3) is 10.2 Å². The van der Waals surface area contributed by atoms with Gasteiger partial charge in [0.25, 0.3) is 5.56 Å². The number of H-pyrrole nitrogens is 1. The van der Waals surface area contributed by atoms with Crippen LogP contribution in [-0.2, 0) is 10.0 Å². The summed E-state index contributed by atoms with van der Waals surface area (Å²) < 4.78 is 31.4. The van der Waals surface area contributed by atoms with Gasteiger partial charge in [-0.15, -0.1) is 11.3 Å². The van der Waals surface area contributed by atoms with Crippen molar-refractivity contribution in [1.29, 1.82) is 0 Å². The third-order valence-electron chi connectivity index (χ3n) is 4.79. The number of fused-ring (bicyclic) bond motifs is 1. The Morgan fingerprint density at radius 2 is 1.97 bits per heavy atom. The molecule has 8 nitrogen and oxygen atoms in total. The molecule has 0 aliphatic heterocycles. The molecule has 2 aromatic heterocycles. The topological polar surface area (TPSA) is 104 Å². The Kier molecular flexibility index (Phi) is 5.70. The predicted octanol–water partition coefficient (Wildman–Crippen LogP) is 3.03. The fourth-order valence-electron chi connectivity index (χ4n) is 2.95. The van der Waals surface area contributed by atoms with Crippen LogP contribution in [-0.4, -0.2) is 43.9 Å². The van der Waals surface area contributed by atoms with Gasteiger partial charge in [0.05, 0.1) is 29.1 Å². The zero-order valence-corrected chi connectivity index (χ0v) is 18.8. The maximum atomic E-state index is 12.5. The lowest BCUT2D eigenvalue weighted by Crippen LogP contribution is -2.22. The Balaban J connectivity index is 2.01.